The second kappa shape index (κ2) is 20.8. The van der Waals surface area contributed by atoms with Crippen molar-refractivity contribution in [3.05, 3.63) is 191 Å². The van der Waals surface area contributed by atoms with Crippen LogP contribution in [-0.2, 0) is 35.6 Å². The van der Waals surface area contributed by atoms with Gasteiger partial charge in [0.1, 0.15) is 13.2 Å². The van der Waals surface area contributed by atoms with E-state index in [2.05, 4.69) is 121 Å². The van der Waals surface area contributed by atoms with Crippen LogP contribution < -0.4 is 14.8 Å². The first kappa shape index (κ1) is 45.7. The van der Waals surface area contributed by atoms with Crippen LogP contribution in [-0.4, -0.2) is 70.0 Å². The lowest BCUT2D eigenvalue weighted by atomic mass is 9.82. The molecular formula is C52H54N3O7S+. The van der Waals surface area contributed by atoms with Crippen molar-refractivity contribution in [3.63, 3.8) is 0 Å². The molecule has 63 heavy (non-hydrogen) atoms. The highest BCUT2D eigenvalue weighted by Crippen LogP contribution is 2.39. The number of anilines is 2. The predicted octanol–water partition coefficient (Wildman–Crippen LogP) is 8.15. The van der Waals surface area contributed by atoms with E-state index in [1.165, 1.54) is 12.1 Å². The van der Waals surface area contributed by atoms with Gasteiger partial charge < -0.3 is 19.3 Å². The van der Waals surface area contributed by atoms with E-state index in [0.29, 0.717) is 43.7 Å². The van der Waals surface area contributed by atoms with Gasteiger partial charge in [-0.3, -0.25) is 4.55 Å². The van der Waals surface area contributed by atoms with Crippen molar-refractivity contribution in [1.29, 1.82) is 0 Å². The van der Waals surface area contributed by atoms with Crippen molar-refractivity contribution in [1.82, 2.24) is 0 Å². The van der Waals surface area contributed by atoms with Crippen molar-refractivity contribution in [3.8, 4) is 0 Å². The molecule has 0 bridgehead atoms. The van der Waals surface area contributed by atoms with Gasteiger partial charge >= 0.3 is 11.9 Å². The van der Waals surface area contributed by atoms with E-state index < -0.39 is 22.1 Å². The Morgan fingerprint density at radius 2 is 1.16 bits per heavy atom. The molecule has 10 nitrogen and oxygen atoms in total. The van der Waals surface area contributed by atoms with Crippen molar-refractivity contribution < 1.29 is 37.0 Å². The minimum Gasteiger partial charge on any atom is -0.460 e. The summed E-state index contributed by atoms with van der Waals surface area (Å²) < 4.78 is 43.9. The number of carbonyl (C=O) groups is 2. The van der Waals surface area contributed by atoms with Crippen LogP contribution in [0.1, 0.15) is 61.1 Å². The zero-order chi connectivity index (χ0) is 45.1. The summed E-state index contributed by atoms with van der Waals surface area (Å²) in [6.07, 6.45) is 4.79. The molecule has 0 saturated carbocycles. The molecule has 2 N–H and O–H groups in total. The number of carbonyl (C=O) groups excluding carboxylic acids is 2. The van der Waals surface area contributed by atoms with Crippen LogP contribution in [0, 0.1) is 0 Å². The van der Waals surface area contributed by atoms with E-state index in [9.17, 15) is 22.6 Å². The fourth-order valence-electron chi connectivity index (χ4n) is 7.36. The van der Waals surface area contributed by atoms with Gasteiger partial charge in [-0.25, -0.2) is 14.6 Å². The quantitative estimate of drug-likeness (QED) is 0.0510. The Kier molecular flexibility index (Phi) is 15.1. The van der Waals surface area contributed by atoms with Crippen LogP contribution >= 0.6 is 0 Å². The van der Waals surface area contributed by atoms with Gasteiger partial charge in [-0.2, -0.15) is 8.42 Å². The molecular weight excluding hydrogens is 811 g/mol. The van der Waals surface area contributed by atoms with Crippen LogP contribution in [0.5, 0.6) is 0 Å². The molecule has 0 aliphatic heterocycles. The number of benzene rings is 5. The van der Waals surface area contributed by atoms with E-state index in [-0.39, 0.29) is 18.1 Å². The standard InChI is InChI=1S/C52H53N3O7S/c1-7-54(30-32-61-51(56)36(3)4)43-21-17-40(18-22-43)50(41-19-23-44(24-20-41)55(8-2)31-33-62-52(57)37(5)6)47-28-29-49(53-42-12-10-9-11-13-42)46-27-16-39(35-48(46)47)34-38-14-25-45(26-15-38)63(58,59)60/h9-29,35H,3,5,7-8,30-34H2,1-2,4,6H3,(H,58,59,60)/p+1. The number of rotatable bonds is 18. The molecule has 6 rings (SSSR count). The maximum atomic E-state index is 12.1. The minimum absolute atomic E-state index is 0.151. The lowest BCUT2D eigenvalue weighted by Crippen LogP contribution is -2.66. The number of nitrogens with one attached hydrogen (secondary N) is 1. The average Bonchev–Trinajstić information content (AvgIpc) is 3.28. The van der Waals surface area contributed by atoms with Crippen molar-refractivity contribution in [2.45, 2.75) is 39.0 Å². The summed E-state index contributed by atoms with van der Waals surface area (Å²) >= 11 is 0. The van der Waals surface area contributed by atoms with Crippen LogP contribution in [0.15, 0.2) is 163 Å². The van der Waals surface area contributed by atoms with Crippen molar-refractivity contribution >= 4 is 56.0 Å². The van der Waals surface area contributed by atoms with Gasteiger partial charge in [0.2, 0.25) is 11.4 Å². The molecule has 0 atom stereocenters. The van der Waals surface area contributed by atoms with E-state index in [1.54, 1.807) is 26.0 Å². The van der Waals surface area contributed by atoms with Gasteiger partial charge in [0, 0.05) is 53.8 Å². The summed E-state index contributed by atoms with van der Waals surface area (Å²) in [4.78, 5) is 31.9. The molecule has 324 valence electrons. The fraction of sp³-hybridized carbons (Fsp3) is 0.212. The number of likely N-dealkylation sites (N-methyl/N-ethyl adjacent to an activating group) is 2. The second-order valence-corrected chi connectivity index (χ2v) is 16.7. The van der Waals surface area contributed by atoms with E-state index >= 15 is 0 Å². The zero-order valence-corrected chi connectivity index (χ0v) is 37.1. The molecule has 0 radical (unpaired) electrons. The van der Waals surface area contributed by atoms with Gasteiger partial charge in [-0.05, 0) is 128 Å². The molecule has 5 aromatic rings. The zero-order valence-electron chi connectivity index (χ0n) is 36.3. The number of allylic oxidation sites excluding steroid dienone is 3. The maximum Gasteiger partial charge on any atom is 0.333 e. The molecule has 1 aliphatic rings. The third-order valence-corrected chi connectivity index (χ3v) is 11.6. The third kappa shape index (κ3) is 11.8. The highest BCUT2D eigenvalue weighted by molar-refractivity contribution is 7.85. The molecule has 0 unspecified atom stereocenters. The van der Waals surface area contributed by atoms with Gasteiger partial charge in [0.25, 0.3) is 10.1 Å². The summed E-state index contributed by atoms with van der Waals surface area (Å²) in [5, 5.41) is 0. The molecule has 0 amide bonds. The number of fused-ring (bicyclic) bond motifs is 1. The Labute approximate surface area is 371 Å². The molecule has 0 saturated heterocycles. The summed E-state index contributed by atoms with van der Waals surface area (Å²) in [6, 6.07) is 39.5. The highest BCUT2D eigenvalue weighted by atomic mass is 32.2. The van der Waals surface area contributed by atoms with Crippen LogP contribution in [0.3, 0.4) is 0 Å². The number of nitrogens with zero attached hydrogens (tertiary/aromatic N) is 2. The van der Waals surface area contributed by atoms with Gasteiger partial charge in [-0.15, -0.1) is 0 Å². The largest absolute Gasteiger partial charge is 0.460 e. The lowest BCUT2D eigenvalue weighted by molar-refractivity contribution is -0.351. The van der Waals surface area contributed by atoms with E-state index in [1.807, 2.05) is 30.3 Å². The van der Waals surface area contributed by atoms with Gasteiger partial charge in [-0.1, -0.05) is 73.8 Å². The molecule has 0 spiro atoms. The lowest BCUT2D eigenvalue weighted by Gasteiger charge is -2.25. The van der Waals surface area contributed by atoms with Gasteiger partial charge in [0.15, 0.2) is 0 Å². The number of esters is 2. The highest BCUT2D eigenvalue weighted by Gasteiger charge is 2.25. The number of para-hydroxylation sites is 1. The molecule has 0 heterocycles. The first-order chi connectivity index (χ1) is 30.2. The maximum absolute atomic E-state index is 12.1. The molecule has 0 fully saturated rings. The average molecular weight is 865 g/mol. The SMILES string of the molecule is C=C(C)C(=O)OCCN(CC)c1ccc(C(=C2C=CC(=[NH+]c3ccccc3)c3ccc(Cc4ccc(S(=O)(=O)O)cc4)cc32)c2ccc(N(CC)CCOC(=O)C(=C)C)cc2)cc1. The Hall–Kier alpha value is -6.82. The molecule has 11 heteroatoms. The predicted molar refractivity (Wildman–Crippen MR) is 252 cm³/mol. The topological polar surface area (TPSA) is 127 Å². The summed E-state index contributed by atoms with van der Waals surface area (Å²) in [5.74, 6) is -0.814. The minimum atomic E-state index is -4.32. The van der Waals surface area contributed by atoms with Crippen LogP contribution in [0.25, 0.3) is 11.1 Å². The Balaban J connectivity index is 1.46. The van der Waals surface area contributed by atoms with E-state index in [0.717, 1.165) is 67.3 Å². The Bertz CT molecular complexity index is 2580. The number of ether oxygens (including phenoxy) is 2. The van der Waals surface area contributed by atoms with Gasteiger partial charge in [0.05, 0.1) is 23.5 Å². The molecule has 1 aliphatic carbocycles. The Morgan fingerprint density at radius 1 is 0.651 bits per heavy atom. The summed E-state index contributed by atoms with van der Waals surface area (Å²) in [5.41, 5.74) is 12.5. The molecule has 0 aromatic heterocycles. The second-order valence-electron chi connectivity index (χ2n) is 15.3. The molecule has 5 aromatic carbocycles. The van der Waals surface area contributed by atoms with Crippen molar-refractivity contribution in [2.75, 3.05) is 49.2 Å². The van der Waals surface area contributed by atoms with Crippen molar-refractivity contribution in [2.24, 2.45) is 0 Å². The fourth-order valence-corrected chi connectivity index (χ4v) is 7.84. The van der Waals surface area contributed by atoms with Crippen LogP contribution in [0.2, 0.25) is 0 Å². The third-order valence-electron chi connectivity index (χ3n) is 10.7. The first-order valence-corrected chi connectivity index (χ1v) is 22.4. The Morgan fingerprint density at radius 3 is 1.63 bits per heavy atom. The first-order valence-electron chi connectivity index (χ1n) is 20.9. The number of hydrogen-bond donors (Lipinski definition) is 2. The van der Waals surface area contributed by atoms with E-state index in [4.69, 9.17) is 9.47 Å². The summed E-state index contributed by atoms with van der Waals surface area (Å²) in [6.45, 7) is 17.7. The number of hydrogen-bond acceptors (Lipinski definition) is 8. The smallest absolute Gasteiger partial charge is 0.333 e. The normalized spacial score (nSPS) is 12.7. The summed E-state index contributed by atoms with van der Waals surface area (Å²) in [7, 11) is -4.32. The van der Waals surface area contributed by atoms with Crippen LogP contribution in [0.4, 0.5) is 17.1 Å². The monoisotopic (exact) mass is 864 g/mol.